The molecule has 0 amide bonds. The zero-order valence-electron chi connectivity index (χ0n) is 15.7. The molecular weight excluding hydrogens is 330 g/mol. The second-order valence-corrected chi connectivity index (χ2v) is 7.72. The van der Waals surface area contributed by atoms with E-state index in [1.807, 2.05) is 0 Å². The second kappa shape index (κ2) is 9.40. The van der Waals surface area contributed by atoms with Crippen molar-refractivity contribution in [2.75, 3.05) is 32.9 Å². The van der Waals surface area contributed by atoms with Crippen molar-refractivity contribution >= 4 is 0 Å². The highest BCUT2D eigenvalue weighted by atomic mass is 16.5. The average Bonchev–Trinajstić information content (AvgIpc) is 2.68. The highest BCUT2D eigenvalue weighted by molar-refractivity contribution is 5.21. The number of allylic oxidation sites excluding steroid dienone is 3. The van der Waals surface area contributed by atoms with Crippen LogP contribution in [-0.4, -0.2) is 49.0 Å². The van der Waals surface area contributed by atoms with Crippen LogP contribution in [-0.2, 0) is 14.2 Å². The largest absolute Gasteiger partial charge is 0.466 e. The molecule has 2 atom stereocenters. The number of hydrogen-bond acceptors (Lipinski definition) is 5. The zero-order valence-corrected chi connectivity index (χ0v) is 15.7. The molecule has 3 aliphatic rings. The average molecular weight is 361 g/mol. The van der Waals surface area contributed by atoms with Gasteiger partial charge in [-0.1, -0.05) is 30.7 Å². The maximum atomic E-state index is 8.98. The molecule has 26 heavy (non-hydrogen) atoms. The number of piperidine rings is 1. The molecule has 1 fully saturated rings. The van der Waals surface area contributed by atoms with Gasteiger partial charge in [0.1, 0.15) is 18.8 Å². The van der Waals surface area contributed by atoms with Crippen molar-refractivity contribution in [3.05, 3.63) is 48.3 Å². The molecule has 0 saturated carbocycles. The fourth-order valence-electron chi connectivity index (χ4n) is 4.03. The third-order valence-electron chi connectivity index (χ3n) is 5.34. The van der Waals surface area contributed by atoms with Gasteiger partial charge < -0.3 is 19.3 Å². The molecule has 1 aliphatic carbocycles. The number of nitrogens with zero attached hydrogens (tertiary/aromatic N) is 1. The summed E-state index contributed by atoms with van der Waals surface area (Å²) in [5, 5.41) is 8.98. The molecule has 0 aromatic rings. The Hall–Kier alpha value is -1.56. The van der Waals surface area contributed by atoms with Crippen LogP contribution in [0.2, 0.25) is 0 Å². The predicted molar refractivity (Wildman–Crippen MR) is 101 cm³/mol. The third-order valence-corrected chi connectivity index (χ3v) is 5.34. The first-order valence-electron chi connectivity index (χ1n) is 9.65. The van der Waals surface area contributed by atoms with E-state index in [0.717, 1.165) is 51.0 Å². The van der Waals surface area contributed by atoms with Crippen LogP contribution in [0.4, 0.5) is 0 Å². The predicted octanol–water partition coefficient (Wildman–Crippen LogP) is 3.49. The van der Waals surface area contributed by atoms with Gasteiger partial charge in [-0.25, -0.2) is 0 Å². The van der Waals surface area contributed by atoms with Crippen LogP contribution in [0.25, 0.3) is 0 Å². The van der Waals surface area contributed by atoms with Crippen LogP contribution in [0.15, 0.2) is 48.3 Å². The van der Waals surface area contributed by atoms with Gasteiger partial charge in [0.2, 0.25) is 0 Å². The Morgan fingerprint density at radius 3 is 3.04 bits per heavy atom. The Labute approximate surface area is 156 Å². The van der Waals surface area contributed by atoms with Crippen molar-refractivity contribution in [1.29, 1.82) is 0 Å². The Kier molecular flexibility index (Phi) is 6.94. The van der Waals surface area contributed by atoms with E-state index in [9.17, 15) is 0 Å². The summed E-state index contributed by atoms with van der Waals surface area (Å²) in [6.07, 6.45) is 17.0. The lowest BCUT2D eigenvalue weighted by Gasteiger charge is -2.44. The minimum Gasteiger partial charge on any atom is -0.466 e. The molecular formula is C21H31NO4. The maximum Gasteiger partial charge on any atom is 0.156 e. The van der Waals surface area contributed by atoms with Crippen LogP contribution < -0.4 is 0 Å². The van der Waals surface area contributed by atoms with Gasteiger partial charge in [0.05, 0.1) is 25.9 Å². The van der Waals surface area contributed by atoms with Crippen molar-refractivity contribution in [2.24, 2.45) is 5.41 Å². The molecule has 0 aromatic carbocycles. The molecule has 144 valence electrons. The lowest BCUT2D eigenvalue weighted by molar-refractivity contribution is -0.0193. The summed E-state index contributed by atoms with van der Waals surface area (Å²) in [7, 11) is 0. The van der Waals surface area contributed by atoms with E-state index in [4.69, 9.17) is 19.3 Å². The maximum absolute atomic E-state index is 8.98. The number of ether oxygens (including phenoxy) is 3. The van der Waals surface area contributed by atoms with Crippen LogP contribution in [0.5, 0.6) is 0 Å². The SMILES string of the molecule is CC1(COCCO)CCCN(C(CC2=CC=CCC2)C2=COC=CO2)C1. The lowest BCUT2D eigenvalue weighted by atomic mass is 9.81. The van der Waals surface area contributed by atoms with Crippen LogP contribution in [0.3, 0.4) is 0 Å². The Morgan fingerprint density at radius 2 is 2.31 bits per heavy atom. The molecule has 2 aliphatic heterocycles. The molecule has 2 unspecified atom stereocenters. The number of hydrogen-bond donors (Lipinski definition) is 1. The van der Waals surface area contributed by atoms with Crippen LogP contribution in [0.1, 0.15) is 39.0 Å². The van der Waals surface area contributed by atoms with Gasteiger partial charge in [-0.15, -0.1) is 0 Å². The monoisotopic (exact) mass is 361 g/mol. The van der Waals surface area contributed by atoms with Gasteiger partial charge in [0, 0.05) is 12.0 Å². The van der Waals surface area contributed by atoms with Gasteiger partial charge in [-0.3, -0.25) is 4.90 Å². The van der Waals surface area contributed by atoms with E-state index in [1.165, 1.54) is 5.57 Å². The van der Waals surface area contributed by atoms with Crippen molar-refractivity contribution in [3.8, 4) is 0 Å². The lowest BCUT2D eigenvalue weighted by Crippen LogP contribution is -2.49. The standard InChI is InChI=1S/C21H31NO4/c1-21(17-25-11-10-23)8-5-9-22(16-21)19(20-15-24-12-13-26-20)14-18-6-3-2-4-7-18/h2-3,6,12-13,15,19,23H,4-5,7-11,14,16-17H2,1H3. The smallest absolute Gasteiger partial charge is 0.156 e. The Balaban J connectivity index is 1.71. The highest BCUT2D eigenvalue weighted by Crippen LogP contribution is 2.35. The number of rotatable bonds is 8. The summed E-state index contributed by atoms with van der Waals surface area (Å²) >= 11 is 0. The van der Waals surface area contributed by atoms with E-state index < -0.39 is 0 Å². The van der Waals surface area contributed by atoms with Crippen molar-refractivity contribution in [3.63, 3.8) is 0 Å². The minimum absolute atomic E-state index is 0.0779. The Bertz CT molecular complexity index is 581. The summed E-state index contributed by atoms with van der Waals surface area (Å²) in [6.45, 7) is 5.45. The molecule has 5 heteroatoms. The molecule has 1 saturated heterocycles. The fourth-order valence-corrected chi connectivity index (χ4v) is 4.03. The summed E-state index contributed by atoms with van der Waals surface area (Å²) in [4.78, 5) is 2.51. The van der Waals surface area contributed by atoms with Crippen molar-refractivity contribution in [1.82, 2.24) is 4.90 Å². The van der Waals surface area contributed by atoms with E-state index >= 15 is 0 Å². The summed E-state index contributed by atoms with van der Waals surface area (Å²) in [6, 6.07) is 0.176. The highest BCUT2D eigenvalue weighted by Gasteiger charge is 2.36. The molecule has 0 spiro atoms. The van der Waals surface area contributed by atoms with Gasteiger partial charge in [-0.05, 0) is 38.6 Å². The molecule has 5 nitrogen and oxygen atoms in total. The molecule has 3 rings (SSSR count). The van der Waals surface area contributed by atoms with Gasteiger partial charge in [0.25, 0.3) is 0 Å². The van der Waals surface area contributed by atoms with Gasteiger partial charge >= 0.3 is 0 Å². The van der Waals surface area contributed by atoms with Gasteiger partial charge in [0.15, 0.2) is 5.76 Å². The van der Waals surface area contributed by atoms with E-state index in [0.29, 0.717) is 13.2 Å². The molecule has 0 aromatic heterocycles. The first kappa shape index (κ1) is 19.2. The fraction of sp³-hybridized carbons (Fsp3) is 0.619. The van der Waals surface area contributed by atoms with Crippen molar-refractivity contribution < 1.29 is 19.3 Å². The molecule has 0 bridgehead atoms. The van der Waals surface area contributed by atoms with Gasteiger partial charge in [-0.2, -0.15) is 0 Å². The molecule has 1 N–H and O–H groups in total. The molecule has 0 radical (unpaired) electrons. The second-order valence-electron chi connectivity index (χ2n) is 7.72. The van der Waals surface area contributed by atoms with E-state index in [2.05, 4.69) is 30.1 Å². The Morgan fingerprint density at radius 1 is 1.38 bits per heavy atom. The number of likely N-dealkylation sites (tertiary alicyclic amines) is 1. The first-order chi connectivity index (χ1) is 12.7. The topological polar surface area (TPSA) is 51.2 Å². The third kappa shape index (κ3) is 5.22. The first-order valence-corrected chi connectivity index (χ1v) is 9.65. The van der Waals surface area contributed by atoms with Crippen LogP contribution in [0, 0.1) is 5.41 Å². The summed E-state index contributed by atoms with van der Waals surface area (Å²) in [5.74, 6) is 0.878. The van der Waals surface area contributed by atoms with E-state index in [-0.39, 0.29) is 18.1 Å². The number of aliphatic hydroxyl groups is 1. The quantitative estimate of drug-likeness (QED) is 0.671. The molecule has 2 heterocycles. The minimum atomic E-state index is 0.0779. The van der Waals surface area contributed by atoms with Crippen LogP contribution >= 0.6 is 0 Å². The number of aliphatic hydroxyl groups excluding tert-OH is 1. The van der Waals surface area contributed by atoms with E-state index in [1.54, 1.807) is 18.8 Å². The normalized spacial score (nSPS) is 27.3. The summed E-state index contributed by atoms with van der Waals surface area (Å²) in [5.41, 5.74) is 1.55. The summed E-state index contributed by atoms with van der Waals surface area (Å²) < 4.78 is 16.9. The van der Waals surface area contributed by atoms with Crippen molar-refractivity contribution in [2.45, 2.75) is 45.1 Å². The zero-order chi connectivity index (χ0) is 18.2.